The van der Waals surface area contributed by atoms with Crippen molar-refractivity contribution in [2.75, 3.05) is 0 Å². The van der Waals surface area contributed by atoms with Gasteiger partial charge in [-0.15, -0.1) is 6.58 Å². The normalized spacial score (nSPS) is 14.9. The molecule has 1 rings (SSSR count). The molecule has 0 bridgehead atoms. The number of aliphatic hydroxyl groups excluding tert-OH is 1. The second kappa shape index (κ2) is 4.83. The third-order valence-corrected chi connectivity index (χ3v) is 2.27. The summed E-state index contributed by atoms with van der Waals surface area (Å²) in [7, 11) is 0. The zero-order valence-corrected chi connectivity index (χ0v) is 7.98. The van der Waals surface area contributed by atoms with Gasteiger partial charge in [0.15, 0.2) is 0 Å². The fourth-order valence-electron chi connectivity index (χ4n) is 1.44. The topological polar surface area (TPSA) is 20.2 Å². The lowest BCUT2D eigenvalue weighted by Crippen LogP contribution is -2.15. The molecule has 2 atom stereocenters. The second-order valence-corrected chi connectivity index (χ2v) is 3.15. The van der Waals surface area contributed by atoms with Crippen LogP contribution in [0.5, 0.6) is 0 Å². The maximum Gasteiger partial charge on any atom is 0.0640 e. The minimum absolute atomic E-state index is 0.0613. The Morgan fingerprint density at radius 1 is 1.38 bits per heavy atom. The molecule has 0 fully saturated rings. The molecule has 0 aromatic heterocycles. The number of rotatable bonds is 4. The van der Waals surface area contributed by atoms with Crippen molar-refractivity contribution in [1.29, 1.82) is 0 Å². The molecule has 0 saturated heterocycles. The number of aliphatic hydroxyl groups is 1. The Balaban J connectivity index is 2.84. The van der Waals surface area contributed by atoms with E-state index in [0.29, 0.717) is 0 Å². The maximum atomic E-state index is 9.70. The molecule has 1 aromatic rings. The van der Waals surface area contributed by atoms with Crippen LogP contribution in [0.3, 0.4) is 0 Å². The number of hydrogen-bond donors (Lipinski definition) is 1. The van der Waals surface area contributed by atoms with E-state index in [9.17, 15) is 5.11 Å². The summed E-state index contributed by atoms with van der Waals surface area (Å²) in [6.07, 6.45) is 2.25. The van der Waals surface area contributed by atoms with Gasteiger partial charge in [0, 0.05) is 5.92 Å². The zero-order valence-electron chi connectivity index (χ0n) is 7.98. The molecule has 1 heteroatoms. The Morgan fingerprint density at radius 2 is 2.00 bits per heavy atom. The lowest BCUT2D eigenvalue weighted by Gasteiger charge is -2.18. The predicted octanol–water partition coefficient (Wildman–Crippen LogP) is 2.73. The van der Waals surface area contributed by atoms with Crippen molar-refractivity contribution >= 4 is 0 Å². The summed E-state index contributed by atoms with van der Waals surface area (Å²) in [6, 6.07) is 9.97. The minimum atomic E-state index is -0.320. The van der Waals surface area contributed by atoms with Crippen molar-refractivity contribution in [1.82, 2.24) is 0 Å². The van der Waals surface area contributed by atoms with E-state index in [1.807, 2.05) is 43.3 Å². The Kier molecular flexibility index (Phi) is 3.71. The van der Waals surface area contributed by atoms with Crippen LogP contribution >= 0.6 is 0 Å². The average molecular weight is 176 g/mol. The summed E-state index contributed by atoms with van der Waals surface area (Å²) in [5.74, 6) is 0.0613. The third-order valence-electron chi connectivity index (χ3n) is 2.27. The standard InChI is InChI=1S/C12H16O/c1-3-11(12(13)4-2)10-8-6-5-7-9-10/h3,5-9,11-13H,1,4H2,2H3/t11-,12-/m1/s1. The van der Waals surface area contributed by atoms with Gasteiger partial charge in [0.1, 0.15) is 0 Å². The molecule has 0 amide bonds. The van der Waals surface area contributed by atoms with Gasteiger partial charge in [-0.2, -0.15) is 0 Å². The third kappa shape index (κ3) is 2.43. The Morgan fingerprint density at radius 3 is 2.46 bits per heavy atom. The van der Waals surface area contributed by atoms with E-state index in [1.165, 1.54) is 0 Å². The van der Waals surface area contributed by atoms with Gasteiger partial charge < -0.3 is 5.11 Å². The number of hydrogen-bond acceptors (Lipinski definition) is 1. The van der Waals surface area contributed by atoms with Crippen molar-refractivity contribution < 1.29 is 5.11 Å². The van der Waals surface area contributed by atoms with Crippen LogP contribution in [0, 0.1) is 0 Å². The Labute approximate surface area is 79.7 Å². The predicted molar refractivity (Wildman–Crippen MR) is 55.7 cm³/mol. The lowest BCUT2D eigenvalue weighted by atomic mass is 9.92. The quantitative estimate of drug-likeness (QED) is 0.699. The van der Waals surface area contributed by atoms with Crippen molar-refractivity contribution in [2.45, 2.75) is 25.4 Å². The van der Waals surface area contributed by atoms with E-state index in [0.717, 1.165) is 12.0 Å². The highest BCUT2D eigenvalue weighted by Gasteiger charge is 2.15. The van der Waals surface area contributed by atoms with Gasteiger partial charge in [-0.3, -0.25) is 0 Å². The van der Waals surface area contributed by atoms with Crippen molar-refractivity contribution in [3.63, 3.8) is 0 Å². The smallest absolute Gasteiger partial charge is 0.0640 e. The van der Waals surface area contributed by atoms with Crippen LogP contribution < -0.4 is 0 Å². The minimum Gasteiger partial charge on any atom is -0.392 e. The maximum absolute atomic E-state index is 9.70. The number of benzene rings is 1. The van der Waals surface area contributed by atoms with Crippen LogP contribution in [0.25, 0.3) is 0 Å². The fraction of sp³-hybridized carbons (Fsp3) is 0.333. The van der Waals surface area contributed by atoms with Crippen LogP contribution in [-0.2, 0) is 0 Å². The van der Waals surface area contributed by atoms with Crippen LogP contribution in [0.1, 0.15) is 24.8 Å². The van der Waals surface area contributed by atoms with Gasteiger partial charge in [0.05, 0.1) is 6.10 Å². The summed E-state index contributed by atoms with van der Waals surface area (Å²) in [4.78, 5) is 0. The zero-order chi connectivity index (χ0) is 9.68. The molecular weight excluding hydrogens is 160 g/mol. The lowest BCUT2D eigenvalue weighted by molar-refractivity contribution is 0.155. The van der Waals surface area contributed by atoms with E-state index in [1.54, 1.807) is 0 Å². The van der Waals surface area contributed by atoms with E-state index in [2.05, 4.69) is 6.58 Å². The first kappa shape index (κ1) is 10.0. The molecule has 0 aliphatic rings. The average Bonchev–Trinajstić information content (AvgIpc) is 2.20. The first-order chi connectivity index (χ1) is 6.29. The summed E-state index contributed by atoms with van der Waals surface area (Å²) >= 11 is 0. The van der Waals surface area contributed by atoms with Crippen LogP contribution in [0.15, 0.2) is 43.0 Å². The Hall–Kier alpha value is -1.08. The van der Waals surface area contributed by atoms with Crippen molar-refractivity contribution in [3.05, 3.63) is 48.6 Å². The SMILES string of the molecule is C=C[C@H](c1ccccc1)[C@H](O)CC. The van der Waals surface area contributed by atoms with Gasteiger partial charge in [-0.1, -0.05) is 43.3 Å². The van der Waals surface area contributed by atoms with E-state index in [4.69, 9.17) is 0 Å². The molecule has 0 heterocycles. The van der Waals surface area contributed by atoms with Gasteiger partial charge in [0.2, 0.25) is 0 Å². The van der Waals surface area contributed by atoms with Gasteiger partial charge >= 0.3 is 0 Å². The monoisotopic (exact) mass is 176 g/mol. The molecule has 0 radical (unpaired) electrons. The largest absolute Gasteiger partial charge is 0.392 e. The van der Waals surface area contributed by atoms with Gasteiger partial charge in [-0.25, -0.2) is 0 Å². The molecule has 0 unspecified atom stereocenters. The molecule has 13 heavy (non-hydrogen) atoms. The molecular formula is C12H16O. The molecule has 0 aliphatic heterocycles. The van der Waals surface area contributed by atoms with Crippen LogP contribution in [0.4, 0.5) is 0 Å². The molecule has 70 valence electrons. The van der Waals surface area contributed by atoms with Gasteiger partial charge in [-0.05, 0) is 12.0 Å². The van der Waals surface area contributed by atoms with E-state index < -0.39 is 0 Å². The first-order valence-corrected chi connectivity index (χ1v) is 4.65. The summed E-state index contributed by atoms with van der Waals surface area (Å²) in [5.41, 5.74) is 1.13. The molecule has 0 spiro atoms. The van der Waals surface area contributed by atoms with Crippen molar-refractivity contribution in [2.24, 2.45) is 0 Å². The van der Waals surface area contributed by atoms with E-state index >= 15 is 0 Å². The summed E-state index contributed by atoms with van der Waals surface area (Å²) in [6.45, 7) is 5.72. The highest BCUT2D eigenvalue weighted by Crippen LogP contribution is 2.22. The summed E-state index contributed by atoms with van der Waals surface area (Å²) < 4.78 is 0. The summed E-state index contributed by atoms with van der Waals surface area (Å²) in [5, 5.41) is 9.70. The van der Waals surface area contributed by atoms with E-state index in [-0.39, 0.29) is 12.0 Å². The second-order valence-electron chi connectivity index (χ2n) is 3.15. The highest BCUT2D eigenvalue weighted by molar-refractivity contribution is 5.24. The van der Waals surface area contributed by atoms with Crippen molar-refractivity contribution in [3.8, 4) is 0 Å². The van der Waals surface area contributed by atoms with Crippen LogP contribution in [0.2, 0.25) is 0 Å². The molecule has 1 aromatic carbocycles. The fourth-order valence-corrected chi connectivity index (χ4v) is 1.44. The molecule has 0 aliphatic carbocycles. The molecule has 0 saturated carbocycles. The highest BCUT2D eigenvalue weighted by atomic mass is 16.3. The molecule has 1 N–H and O–H groups in total. The Bertz CT molecular complexity index is 253. The van der Waals surface area contributed by atoms with Gasteiger partial charge in [0.25, 0.3) is 0 Å². The first-order valence-electron chi connectivity index (χ1n) is 4.65. The van der Waals surface area contributed by atoms with Crippen LogP contribution in [-0.4, -0.2) is 11.2 Å². The molecule has 1 nitrogen and oxygen atoms in total.